The third-order valence-corrected chi connectivity index (χ3v) is 4.65. The fourth-order valence-corrected chi connectivity index (χ4v) is 3.21. The molecule has 0 unspecified atom stereocenters. The Hall–Kier alpha value is -2.90. The predicted molar refractivity (Wildman–Crippen MR) is 99.3 cm³/mol. The van der Waals surface area contributed by atoms with Crippen molar-refractivity contribution in [1.82, 2.24) is 25.8 Å². The van der Waals surface area contributed by atoms with Crippen molar-refractivity contribution in [3.8, 4) is 0 Å². The van der Waals surface area contributed by atoms with E-state index >= 15 is 0 Å². The third kappa shape index (κ3) is 5.54. The summed E-state index contributed by atoms with van der Waals surface area (Å²) in [6, 6.07) is 7.34. The zero-order valence-corrected chi connectivity index (χ0v) is 15.4. The van der Waals surface area contributed by atoms with E-state index in [1.54, 1.807) is 12.1 Å². The quantitative estimate of drug-likeness (QED) is 0.675. The number of hydrogen-bond donors (Lipinski definition) is 3. The molecular formula is C19H25N5O3. The van der Waals surface area contributed by atoms with Gasteiger partial charge in [-0.05, 0) is 50.3 Å². The molecule has 1 aromatic carbocycles. The lowest BCUT2D eigenvalue weighted by molar-refractivity contribution is 0.0188. The van der Waals surface area contributed by atoms with Crippen LogP contribution in [0.25, 0.3) is 0 Å². The van der Waals surface area contributed by atoms with Crippen molar-refractivity contribution in [3.05, 3.63) is 47.5 Å². The highest BCUT2D eigenvalue weighted by atomic mass is 16.5. The minimum atomic E-state index is -0.304. The van der Waals surface area contributed by atoms with Gasteiger partial charge in [-0.1, -0.05) is 12.1 Å². The van der Waals surface area contributed by atoms with Crippen molar-refractivity contribution >= 4 is 12.0 Å². The highest BCUT2D eigenvalue weighted by Gasteiger charge is 2.25. The summed E-state index contributed by atoms with van der Waals surface area (Å²) >= 11 is 0. The lowest BCUT2D eigenvalue weighted by Crippen LogP contribution is -2.44. The first-order valence-electron chi connectivity index (χ1n) is 9.32. The molecule has 0 spiro atoms. The summed E-state index contributed by atoms with van der Waals surface area (Å²) < 4.78 is 5.63. The average Bonchev–Trinajstić information content (AvgIpc) is 3.17. The van der Waals surface area contributed by atoms with Gasteiger partial charge in [0.1, 0.15) is 18.3 Å². The van der Waals surface area contributed by atoms with E-state index in [1.807, 2.05) is 19.1 Å². The molecule has 144 valence electrons. The van der Waals surface area contributed by atoms with Crippen LogP contribution in [0.1, 0.15) is 54.4 Å². The lowest BCUT2D eigenvalue weighted by atomic mass is 9.93. The Kier molecular flexibility index (Phi) is 6.40. The maximum absolute atomic E-state index is 12.4. The van der Waals surface area contributed by atoms with Gasteiger partial charge in [0.2, 0.25) is 0 Å². The summed E-state index contributed by atoms with van der Waals surface area (Å²) in [7, 11) is 0. The number of rotatable bonds is 6. The molecule has 1 heterocycles. The van der Waals surface area contributed by atoms with Gasteiger partial charge in [0.15, 0.2) is 0 Å². The molecule has 0 bridgehead atoms. The maximum Gasteiger partial charge on any atom is 0.338 e. The number of nitrogens with one attached hydrogen (secondary N) is 3. The molecule has 0 saturated heterocycles. The van der Waals surface area contributed by atoms with Crippen LogP contribution in [0.3, 0.4) is 0 Å². The van der Waals surface area contributed by atoms with Crippen molar-refractivity contribution in [3.63, 3.8) is 0 Å². The fourth-order valence-electron chi connectivity index (χ4n) is 3.21. The number of carbonyl (C=O) groups excluding carboxylic acids is 2. The number of carbonyl (C=O) groups is 2. The number of urea groups is 1. The second-order valence-corrected chi connectivity index (χ2v) is 6.69. The summed E-state index contributed by atoms with van der Waals surface area (Å²) in [5.41, 5.74) is 1.58. The first-order valence-corrected chi connectivity index (χ1v) is 9.32. The molecule has 2 aromatic rings. The predicted octanol–water partition coefficient (Wildman–Crippen LogP) is 2.18. The summed E-state index contributed by atoms with van der Waals surface area (Å²) in [6.45, 7) is 2.49. The minimum absolute atomic E-state index is 0.0985. The number of aromatic amines is 1. The zero-order chi connectivity index (χ0) is 19.1. The molecule has 1 aliphatic rings. The highest BCUT2D eigenvalue weighted by molar-refractivity contribution is 5.89. The second kappa shape index (κ2) is 9.16. The smallest absolute Gasteiger partial charge is 0.338 e. The molecule has 8 nitrogen and oxygen atoms in total. The summed E-state index contributed by atoms with van der Waals surface area (Å²) in [5, 5.41) is 12.3. The van der Waals surface area contributed by atoms with Crippen LogP contribution in [-0.2, 0) is 11.2 Å². The first-order chi connectivity index (χ1) is 13.1. The summed E-state index contributed by atoms with van der Waals surface area (Å²) in [5.74, 6) is 0.477. The number of H-pyrrole nitrogens is 1. The Balaban J connectivity index is 1.44. The summed E-state index contributed by atoms with van der Waals surface area (Å²) in [4.78, 5) is 28.0. The van der Waals surface area contributed by atoms with E-state index in [2.05, 4.69) is 25.8 Å². The van der Waals surface area contributed by atoms with E-state index in [1.165, 1.54) is 6.33 Å². The number of amides is 2. The molecule has 1 fully saturated rings. The number of nitrogens with zero attached hydrogens (tertiary/aromatic N) is 2. The van der Waals surface area contributed by atoms with Crippen molar-refractivity contribution in [1.29, 1.82) is 0 Å². The SMILES string of the molecule is CCNC(=O)NC1CCC(OC(=O)c2ccc(Cc3ncn[nH]3)cc2)CC1. The van der Waals surface area contributed by atoms with Crippen LogP contribution >= 0.6 is 0 Å². The van der Waals surface area contributed by atoms with Crippen LogP contribution in [-0.4, -0.2) is 45.9 Å². The molecule has 3 N–H and O–H groups in total. The van der Waals surface area contributed by atoms with E-state index in [0.29, 0.717) is 18.5 Å². The van der Waals surface area contributed by atoms with E-state index < -0.39 is 0 Å². The Labute approximate surface area is 158 Å². The molecule has 1 aliphatic carbocycles. The van der Waals surface area contributed by atoms with E-state index in [4.69, 9.17) is 4.74 Å². The molecule has 3 rings (SSSR count). The van der Waals surface area contributed by atoms with E-state index in [0.717, 1.165) is 37.1 Å². The monoisotopic (exact) mass is 371 g/mol. The van der Waals surface area contributed by atoms with Crippen molar-refractivity contribution in [2.24, 2.45) is 0 Å². The standard InChI is InChI=1S/C19H25N5O3/c1-2-20-19(26)23-15-7-9-16(10-8-15)27-18(25)14-5-3-13(4-6-14)11-17-21-12-22-24-17/h3-6,12,15-16H,2,7-11H2,1H3,(H2,20,23,26)(H,21,22,24). The summed E-state index contributed by atoms with van der Waals surface area (Å²) in [6.07, 6.45) is 5.15. The van der Waals surface area contributed by atoms with Crippen LogP contribution in [0.15, 0.2) is 30.6 Å². The van der Waals surface area contributed by atoms with Gasteiger partial charge in [0, 0.05) is 19.0 Å². The van der Waals surface area contributed by atoms with E-state index in [9.17, 15) is 9.59 Å². The van der Waals surface area contributed by atoms with Gasteiger partial charge >= 0.3 is 12.0 Å². The van der Waals surface area contributed by atoms with Gasteiger partial charge < -0.3 is 15.4 Å². The lowest BCUT2D eigenvalue weighted by Gasteiger charge is -2.28. The van der Waals surface area contributed by atoms with Gasteiger partial charge in [-0.3, -0.25) is 5.10 Å². The number of ether oxygens (including phenoxy) is 1. The van der Waals surface area contributed by atoms with Gasteiger partial charge in [-0.2, -0.15) is 5.10 Å². The van der Waals surface area contributed by atoms with Crippen molar-refractivity contribution in [2.75, 3.05) is 6.54 Å². The van der Waals surface area contributed by atoms with Gasteiger partial charge in [0.25, 0.3) is 0 Å². The van der Waals surface area contributed by atoms with Crippen LogP contribution in [0.2, 0.25) is 0 Å². The molecule has 2 amide bonds. The average molecular weight is 371 g/mol. The molecule has 0 atom stereocenters. The minimum Gasteiger partial charge on any atom is -0.459 e. The molecule has 0 radical (unpaired) electrons. The second-order valence-electron chi connectivity index (χ2n) is 6.69. The van der Waals surface area contributed by atoms with Crippen molar-refractivity contribution in [2.45, 2.75) is 51.2 Å². The topological polar surface area (TPSA) is 109 Å². The van der Waals surface area contributed by atoms with E-state index in [-0.39, 0.29) is 24.1 Å². The Morgan fingerprint density at radius 1 is 1.19 bits per heavy atom. The van der Waals surface area contributed by atoms with Crippen molar-refractivity contribution < 1.29 is 14.3 Å². The number of esters is 1. The molecular weight excluding hydrogens is 346 g/mol. The van der Waals surface area contributed by atoms with Crippen LogP contribution in [0, 0.1) is 0 Å². The van der Waals surface area contributed by atoms with Gasteiger partial charge in [0.05, 0.1) is 5.56 Å². The van der Waals surface area contributed by atoms with Gasteiger partial charge in [-0.15, -0.1) is 0 Å². The van der Waals surface area contributed by atoms with Gasteiger partial charge in [-0.25, -0.2) is 14.6 Å². The highest BCUT2D eigenvalue weighted by Crippen LogP contribution is 2.22. The number of benzene rings is 1. The number of aromatic nitrogens is 3. The number of hydrogen-bond acceptors (Lipinski definition) is 5. The molecule has 0 aliphatic heterocycles. The Morgan fingerprint density at radius 2 is 1.93 bits per heavy atom. The van der Waals surface area contributed by atoms with Crippen LogP contribution in [0.5, 0.6) is 0 Å². The molecule has 27 heavy (non-hydrogen) atoms. The third-order valence-electron chi connectivity index (χ3n) is 4.65. The molecule has 1 saturated carbocycles. The molecule has 1 aromatic heterocycles. The fraction of sp³-hybridized carbons (Fsp3) is 0.474. The molecule has 8 heteroatoms. The maximum atomic E-state index is 12.4. The van der Waals surface area contributed by atoms with Crippen LogP contribution in [0.4, 0.5) is 4.79 Å². The van der Waals surface area contributed by atoms with Crippen LogP contribution < -0.4 is 10.6 Å². The largest absolute Gasteiger partial charge is 0.459 e. The zero-order valence-electron chi connectivity index (χ0n) is 15.4. The Morgan fingerprint density at radius 3 is 2.56 bits per heavy atom. The normalized spacial score (nSPS) is 19.3. The Bertz CT molecular complexity index is 737. The first kappa shape index (κ1) is 18.9.